The van der Waals surface area contributed by atoms with Crippen molar-refractivity contribution in [3.05, 3.63) is 65.2 Å². The first-order chi connectivity index (χ1) is 14.4. The van der Waals surface area contributed by atoms with Crippen molar-refractivity contribution in [1.29, 1.82) is 0 Å². The van der Waals surface area contributed by atoms with Crippen LogP contribution in [0, 0.1) is 13.8 Å². The van der Waals surface area contributed by atoms with Crippen LogP contribution in [-0.4, -0.2) is 63.0 Å². The molecule has 0 unspecified atom stereocenters. The maximum Gasteiger partial charge on any atom is 0.279 e. The lowest BCUT2D eigenvalue weighted by Gasteiger charge is -2.30. The maximum atomic E-state index is 12.6. The smallest absolute Gasteiger partial charge is 0.279 e. The zero-order valence-corrected chi connectivity index (χ0v) is 18.3. The molecule has 3 N–H and O–H groups in total. The number of piperazine rings is 1. The van der Waals surface area contributed by atoms with Gasteiger partial charge in [0.2, 0.25) is 0 Å². The molecular weight excluding hydrogens is 376 g/mol. The quantitative estimate of drug-likeness (QED) is 0.586. The van der Waals surface area contributed by atoms with Crippen molar-refractivity contribution in [2.45, 2.75) is 20.4 Å². The van der Waals surface area contributed by atoms with Crippen molar-refractivity contribution < 1.29 is 19.4 Å². The molecule has 30 heavy (non-hydrogen) atoms. The molecule has 1 fully saturated rings. The summed E-state index contributed by atoms with van der Waals surface area (Å²) in [6.07, 6.45) is 0. The third-order valence-electron chi connectivity index (χ3n) is 6.04. The Balaban J connectivity index is 1.40. The second-order valence-electron chi connectivity index (χ2n) is 8.38. The number of nitrogens with zero attached hydrogens (tertiary/aromatic N) is 1. The van der Waals surface area contributed by atoms with Gasteiger partial charge in [0.05, 0.1) is 0 Å². The molecule has 0 aromatic heterocycles. The van der Waals surface area contributed by atoms with Crippen LogP contribution in [0.2, 0.25) is 0 Å². The van der Waals surface area contributed by atoms with E-state index < -0.39 is 0 Å². The Bertz CT molecular complexity index is 861. The second-order valence-corrected chi connectivity index (χ2v) is 8.38. The van der Waals surface area contributed by atoms with E-state index in [4.69, 9.17) is 0 Å². The van der Waals surface area contributed by atoms with E-state index in [1.54, 1.807) is 4.90 Å². The van der Waals surface area contributed by atoms with E-state index in [2.05, 4.69) is 18.3 Å². The molecule has 1 heterocycles. The van der Waals surface area contributed by atoms with Gasteiger partial charge in [0, 0.05) is 19.3 Å². The number of likely N-dealkylation sites (N-methyl/N-ethyl adjacent to an activating group) is 1. The number of quaternary nitrogens is 2. The molecule has 1 saturated heterocycles. The SMILES string of the molecule is Cc1cccc(NC(=O)C[NH+]2CC[NH+](CC(=O)N(C)Cc3ccccc3)CC2)c1C. The minimum atomic E-state index is 0.0563. The van der Waals surface area contributed by atoms with Crippen LogP contribution in [0.1, 0.15) is 16.7 Å². The van der Waals surface area contributed by atoms with Crippen molar-refractivity contribution in [1.82, 2.24) is 4.90 Å². The van der Waals surface area contributed by atoms with Gasteiger partial charge in [0.1, 0.15) is 26.2 Å². The Morgan fingerprint density at radius 1 is 0.900 bits per heavy atom. The molecule has 6 heteroatoms. The van der Waals surface area contributed by atoms with Gasteiger partial charge in [-0.1, -0.05) is 42.5 Å². The summed E-state index contributed by atoms with van der Waals surface area (Å²) in [7, 11) is 1.87. The number of carbonyl (C=O) groups excluding carboxylic acids is 2. The van der Waals surface area contributed by atoms with E-state index >= 15 is 0 Å². The van der Waals surface area contributed by atoms with E-state index in [-0.39, 0.29) is 11.8 Å². The summed E-state index contributed by atoms with van der Waals surface area (Å²) < 4.78 is 0. The minimum Gasteiger partial charge on any atom is -0.337 e. The Labute approximate surface area is 179 Å². The molecule has 0 atom stereocenters. The summed E-state index contributed by atoms with van der Waals surface area (Å²) in [6.45, 7) is 9.36. The van der Waals surface area contributed by atoms with Crippen LogP contribution < -0.4 is 15.1 Å². The number of benzene rings is 2. The van der Waals surface area contributed by atoms with Crippen LogP contribution in [0.15, 0.2) is 48.5 Å². The average molecular weight is 411 g/mol. The predicted molar refractivity (Wildman–Crippen MR) is 119 cm³/mol. The first-order valence-corrected chi connectivity index (χ1v) is 10.7. The summed E-state index contributed by atoms with van der Waals surface area (Å²) in [5.74, 6) is 0.228. The Morgan fingerprint density at radius 3 is 2.20 bits per heavy atom. The Morgan fingerprint density at radius 2 is 1.53 bits per heavy atom. The number of nitrogens with one attached hydrogen (secondary N) is 3. The topological polar surface area (TPSA) is 58.3 Å². The third kappa shape index (κ3) is 6.15. The monoisotopic (exact) mass is 410 g/mol. The molecule has 2 aromatic carbocycles. The van der Waals surface area contributed by atoms with Crippen molar-refractivity contribution >= 4 is 17.5 Å². The summed E-state index contributed by atoms with van der Waals surface area (Å²) >= 11 is 0. The molecule has 160 valence electrons. The van der Waals surface area contributed by atoms with Crippen molar-refractivity contribution in [3.8, 4) is 0 Å². The Kier molecular flexibility index (Phi) is 7.60. The van der Waals surface area contributed by atoms with E-state index in [1.807, 2.05) is 56.4 Å². The number of anilines is 1. The van der Waals surface area contributed by atoms with Gasteiger partial charge in [-0.15, -0.1) is 0 Å². The lowest BCUT2D eigenvalue weighted by atomic mass is 10.1. The number of carbonyl (C=O) groups is 2. The number of amides is 2. The second kappa shape index (κ2) is 10.4. The Hall–Kier alpha value is -2.70. The van der Waals surface area contributed by atoms with Crippen LogP contribution in [0.25, 0.3) is 0 Å². The largest absolute Gasteiger partial charge is 0.337 e. The molecule has 0 spiro atoms. The molecule has 0 radical (unpaired) electrons. The third-order valence-corrected chi connectivity index (χ3v) is 6.04. The van der Waals surface area contributed by atoms with Crippen molar-refractivity contribution in [2.75, 3.05) is 51.6 Å². The molecule has 2 amide bonds. The van der Waals surface area contributed by atoms with Gasteiger partial charge in [0.15, 0.2) is 13.1 Å². The van der Waals surface area contributed by atoms with E-state index in [0.717, 1.165) is 43.0 Å². The number of hydrogen-bond acceptors (Lipinski definition) is 2. The highest BCUT2D eigenvalue weighted by Gasteiger charge is 2.27. The van der Waals surface area contributed by atoms with E-state index in [0.29, 0.717) is 19.6 Å². The normalized spacial score (nSPS) is 18.6. The van der Waals surface area contributed by atoms with Crippen molar-refractivity contribution in [2.24, 2.45) is 0 Å². The molecule has 0 aliphatic carbocycles. The average Bonchev–Trinajstić information content (AvgIpc) is 2.73. The molecule has 2 aromatic rings. The highest BCUT2D eigenvalue weighted by molar-refractivity contribution is 5.92. The fourth-order valence-corrected chi connectivity index (χ4v) is 3.91. The van der Waals surface area contributed by atoms with Gasteiger partial charge in [-0.2, -0.15) is 0 Å². The molecule has 3 rings (SSSR count). The minimum absolute atomic E-state index is 0.0563. The lowest BCUT2D eigenvalue weighted by Crippen LogP contribution is -3.28. The first kappa shape index (κ1) is 22.0. The van der Waals surface area contributed by atoms with Crippen LogP contribution >= 0.6 is 0 Å². The molecule has 1 aliphatic rings. The lowest BCUT2D eigenvalue weighted by molar-refractivity contribution is -1.00. The van der Waals surface area contributed by atoms with E-state index in [1.165, 1.54) is 15.4 Å². The molecule has 0 bridgehead atoms. The fraction of sp³-hybridized carbons (Fsp3) is 0.417. The van der Waals surface area contributed by atoms with Gasteiger partial charge < -0.3 is 20.0 Å². The highest BCUT2D eigenvalue weighted by Crippen LogP contribution is 2.17. The predicted octanol–water partition coefficient (Wildman–Crippen LogP) is -0.316. The zero-order chi connectivity index (χ0) is 21.5. The molecule has 1 aliphatic heterocycles. The zero-order valence-electron chi connectivity index (χ0n) is 18.3. The standard InChI is InChI=1S/C24H32N4O2/c1-19-8-7-11-22(20(19)2)25-23(29)17-27-12-14-28(15-13-27)18-24(30)26(3)16-21-9-5-4-6-10-21/h4-11H,12-18H2,1-3H3,(H,25,29)/p+2. The maximum absolute atomic E-state index is 12.6. The first-order valence-electron chi connectivity index (χ1n) is 10.7. The molecule has 6 nitrogen and oxygen atoms in total. The fourth-order valence-electron chi connectivity index (χ4n) is 3.91. The summed E-state index contributed by atoms with van der Waals surface area (Å²) in [4.78, 5) is 29.4. The summed E-state index contributed by atoms with van der Waals surface area (Å²) in [5.41, 5.74) is 4.34. The van der Waals surface area contributed by atoms with E-state index in [9.17, 15) is 9.59 Å². The van der Waals surface area contributed by atoms with Gasteiger partial charge in [-0.3, -0.25) is 9.59 Å². The highest BCUT2D eigenvalue weighted by atomic mass is 16.2. The van der Waals surface area contributed by atoms with Crippen molar-refractivity contribution in [3.63, 3.8) is 0 Å². The van der Waals surface area contributed by atoms with Gasteiger partial charge in [-0.05, 0) is 36.6 Å². The van der Waals surface area contributed by atoms with Gasteiger partial charge in [0.25, 0.3) is 11.8 Å². The van der Waals surface area contributed by atoms with Crippen LogP contribution in [0.3, 0.4) is 0 Å². The molecular formula is C24H34N4O2+2. The molecule has 0 saturated carbocycles. The number of rotatable bonds is 7. The van der Waals surface area contributed by atoms with Gasteiger partial charge in [-0.25, -0.2) is 0 Å². The van der Waals surface area contributed by atoms with Gasteiger partial charge >= 0.3 is 0 Å². The summed E-state index contributed by atoms with van der Waals surface area (Å²) in [6, 6.07) is 16.0. The van der Waals surface area contributed by atoms with Crippen LogP contribution in [0.4, 0.5) is 5.69 Å². The number of hydrogen-bond donors (Lipinski definition) is 3. The van der Waals surface area contributed by atoms with Crippen LogP contribution in [0.5, 0.6) is 0 Å². The number of aryl methyl sites for hydroxylation is 1. The summed E-state index contributed by atoms with van der Waals surface area (Å²) in [5, 5.41) is 3.05. The van der Waals surface area contributed by atoms with Crippen LogP contribution in [-0.2, 0) is 16.1 Å².